The molecule has 6 heteroatoms. The molecule has 1 aromatic heterocycles. The first-order chi connectivity index (χ1) is 13.6. The van der Waals surface area contributed by atoms with Crippen molar-refractivity contribution in [3.8, 4) is 0 Å². The lowest BCUT2D eigenvalue weighted by Gasteiger charge is -2.37. The molecule has 0 bridgehead atoms. The molecule has 1 heterocycles. The van der Waals surface area contributed by atoms with E-state index in [0.29, 0.717) is 12.2 Å². The van der Waals surface area contributed by atoms with Crippen LogP contribution in [-0.2, 0) is 22.3 Å². The van der Waals surface area contributed by atoms with Gasteiger partial charge >= 0.3 is 5.97 Å². The molecule has 1 aromatic carbocycles. The van der Waals surface area contributed by atoms with Crippen molar-refractivity contribution < 1.29 is 14.0 Å². The third-order valence-corrected chi connectivity index (χ3v) is 10.1. The molecule has 0 aliphatic rings. The van der Waals surface area contributed by atoms with E-state index in [9.17, 15) is 4.79 Å². The van der Waals surface area contributed by atoms with Crippen molar-refractivity contribution in [3.05, 3.63) is 65.5 Å². The van der Waals surface area contributed by atoms with Crippen molar-refractivity contribution in [1.82, 2.24) is 9.88 Å². The summed E-state index contributed by atoms with van der Waals surface area (Å²) in [6, 6.07) is 11.7. The quantitative estimate of drug-likeness (QED) is 0.432. The fraction of sp³-hybridized carbons (Fsp3) is 0.478. The summed E-state index contributed by atoms with van der Waals surface area (Å²) in [5.41, 5.74) is 2.89. The van der Waals surface area contributed by atoms with Gasteiger partial charge in [0.25, 0.3) is 0 Å². The summed E-state index contributed by atoms with van der Waals surface area (Å²) in [4.78, 5) is 18.2. The Bertz CT molecular complexity index is 771. The van der Waals surface area contributed by atoms with Gasteiger partial charge in [-0.05, 0) is 47.5 Å². The summed E-state index contributed by atoms with van der Waals surface area (Å²) in [5.74, 6) is -0.313. The zero-order valence-corrected chi connectivity index (χ0v) is 19.6. The van der Waals surface area contributed by atoms with Gasteiger partial charge in [-0.15, -0.1) is 0 Å². The highest BCUT2D eigenvalue weighted by Crippen LogP contribution is 2.36. The molecule has 0 radical (unpaired) electrons. The van der Waals surface area contributed by atoms with Gasteiger partial charge in [-0.1, -0.05) is 39.0 Å². The highest BCUT2D eigenvalue weighted by molar-refractivity contribution is 6.74. The fourth-order valence-electron chi connectivity index (χ4n) is 2.73. The second-order valence-corrected chi connectivity index (χ2v) is 13.7. The molecule has 0 saturated heterocycles. The molecule has 0 amide bonds. The minimum Gasteiger partial charge on any atom is -0.465 e. The maximum absolute atomic E-state index is 11.7. The third kappa shape index (κ3) is 7.06. The average molecular weight is 415 g/mol. The van der Waals surface area contributed by atoms with Crippen LogP contribution in [0.1, 0.15) is 42.3 Å². The Kier molecular flexibility index (Phi) is 8.13. The zero-order chi connectivity index (χ0) is 21.5. The van der Waals surface area contributed by atoms with Crippen molar-refractivity contribution in [2.24, 2.45) is 0 Å². The van der Waals surface area contributed by atoms with Crippen LogP contribution in [0.5, 0.6) is 0 Å². The van der Waals surface area contributed by atoms with Gasteiger partial charge in [-0.3, -0.25) is 9.88 Å². The van der Waals surface area contributed by atoms with E-state index in [1.165, 1.54) is 12.7 Å². The van der Waals surface area contributed by atoms with Gasteiger partial charge in [-0.25, -0.2) is 4.79 Å². The normalized spacial score (nSPS) is 12.2. The standard InChI is InChI=1S/C23H34N2O3Si/c1-23(2,3)29(5,6)28-15-14-25(18-20-8-7-13-24-16-20)17-19-9-11-21(12-10-19)22(26)27-4/h7-13,16H,14-15,17-18H2,1-6H3. The van der Waals surface area contributed by atoms with Crippen molar-refractivity contribution in [2.75, 3.05) is 20.3 Å². The van der Waals surface area contributed by atoms with Gasteiger partial charge in [0.05, 0.1) is 12.7 Å². The van der Waals surface area contributed by atoms with Gasteiger partial charge in [0.1, 0.15) is 0 Å². The lowest BCUT2D eigenvalue weighted by atomic mass is 10.1. The molecule has 158 valence electrons. The maximum Gasteiger partial charge on any atom is 0.337 e. The number of hydrogen-bond acceptors (Lipinski definition) is 5. The Morgan fingerprint density at radius 1 is 1.07 bits per heavy atom. The van der Waals surface area contributed by atoms with Crippen LogP contribution in [0.25, 0.3) is 0 Å². The SMILES string of the molecule is COC(=O)c1ccc(CN(CCO[Si](C)(C)C(C)(C)C)Cc2cccnc2)cc1. The fourth-order valence-corrected chi connectivity index (χ4v) is 3.77. The lowest BCUT2D eigenvalue weighted by molar-refractivity contribution is 0.0600. The second kappa shape index (κ2) is 10.1. The van der Waals surface area contributed by atoms with E-state index in [0.717, 1.165) is 25.2 Å². The predicted octanol–water partition coefficient (Wildman–Crippen LogP) is 4.89. The highest BCUT2D eigenvalue weighted by atomic mass is 28.4. The van der Waals surface area contributed by atoms with Gasteiger partial charge < -0.3 is 9.16 Å². The number of esters is 1. The van der Waals surface area contributed by atoms with Crippen molar-refractivity contribution in [1.29, 1.82) is 0 Å². The van der Waals surface area contributed by atoms with Crippen LogP contribution in [0.2, 0.25) is 18.1 Å². The van der Waals surface area contributed by atoms with E-state index in [1.54, 1.807) is 6.20 Å². The van der Waals surface area contributed by atoms with Crippen molar-refractivity contribution in [3.63, 3.8) is 0 Å². The number of carbonyl (C=O) groups is 1. The van der Waals surface area contributed by atoms with Gasteiger partial charge in [-0.2, -0.15) is 0 Å². The van der Waals surface area contributed by atoms with Gasteiger partial charge in [0, 0.05) is 38.6 Å². The predicted molar refractivity (Wildman–Crippen MR) is 119 cm³/mol. The van der Waals surface area contributed by atoms with Crippen LogP contribution in [0.4, 0.5) is 0 Å². The number of carbonyl (C=O) groups excluding carboxylic acids is 1. The van der Waals surface area contributed by atoms with Crippen LogP contribution in [0.15, 0.2) is 48.8 Å². The molecule has 29 heavy (non-hydrogen) atoms. The summed E-state index contributed by atoms with van der Waals surface area (Å²) < 4.78 is 11.2. The van der Waals surface area contributed by atoms with Crippen molar-refractivity contribution >= 4 is 14.3 Å². The highest BCUT2D eigenvalue weighted by Gasteiger charge is 2.36. The molecule has 0 aliphatic heterocycles. The van der Waals surface area contributed by atoms with Crippen LogP contribution < -0.4 is 0 Å². The molecule has 0 N–H and O–H groups in total. The second-order valence-electron chi connectivity index (χ2n) is 8.87. The Morgan fingerprint density at radius 2 is 1.72 bits per heavy atom. The number of ether oxygens (including phenoxy) is 1. The summed E-state index contributed by atoms with van der Waals surface area (Å²) in [6.45, 7) is 14.5. The summed E-state index contributed by atoms with van der Waals surface area (Å²) in [7, 11) is -0.373. The number of benzene rings is 1. The van der Waals surface area contributed by atoms with Gasteiger partial charge in [0.15, 0.2) is 8.32 Å². The number of nitrogens with zero attached hydrogens (tertiary/aromatic N) is 2. The molecule has 0 atom stereocenters. The zero-order valence-electron chi connectivity index (χ0n) is 18.6. The number of methoxy groups -OCH3 is 1. The molecular formula is C23H34N2O3Si. The number of rotatable bonds is 9. The monoisotopic (exact) mass is 414 g/mol. The molecule has 0 aliphatic carbocycles. The van der Waals surface area contributed by atoms with E-state index < -0.39 is 8.32 Å². The summed E-state index contributed by atoms with van der Waals surface area (Å²) in [5, 5.41) is 0.199. The minimum absolute atomic E-state index is 0.199. The number of hydrogen-bond donors (Lipinski definition) is 0. The Labute approximate surface area is 176 Å². The smallest absolute Gasteiger partial charge is 0.337 e. The molecule has 0 fully saturated rings. The largest absolute Gasteiger partial charge is 0.465 e. The van der Waals surface area contributed by atoms with Gasteiger partial charge in [0.2, 0.25) is 0 Å². The first-order valence-corrected chi connectivity index (χ1v) is 13.0. The van der Waals surface area contributed by atoms with E-state index in [1.807, 2.05) is 36.5 Å². The summed E-state index contributed by atoms with van der Waals surface area (Å²) >= 11 is 0. The van der Waals surface area contributed by atoms with Crippen LogP contribution >= 0.6 is 0 Å². The Morgan fingerprint density at radius 3 is 2.28 bits per heavy atom. The van der Waals surface area contributed by atoms with E-state index in [2.05, 4.69) is 49.8 Å². The lowest BCUT2D eigenvalue weighted by Crippen LogP contribution is -2.42. The molecule has 5 nitrogen and oxygen atoms in total. The molecule has 2 aromatic rings. The third-order valence-electron chi connectivity index (χ3n) is 5.59. The van der Waals surface area contributed by atoms with Crippen LogP contribution in [0.3, 0.4) is 0 Å². The minimum atomic E-state index is -1.77. The molecule has 0 spiro atoms. The number of pyridine rings is 1. The first-order valence-electron chi connectivity index (χ1n) is 10.0. The molecule has 0 saturated carbocycles. The molecule has 2 rings (SSSR count). The Hall–Kier alpha value is -2.02. The molecular weight excluding hydrogens is 380 g/mol. The first kappa shape index (κ1) is 23.3. The van der Waals surface area contributed by atoms with E-state index >= 15 is 0 Å². The van der Waals surface area contributed by atoms with Crippen LogP contribution in [-0.4, -0.2) is 44.4 Å². The van der Waals surface area contributed by atoms with E-state index in [-0.39, 0.29) is 11.0 Å². The van der Waals surface area contributed by atoms with Crippen LogP contribution in [0, 0.1) is 0 Å². The van der Waals surface area contributed by atoms with Crippen molar-refractivity contribution in [2.45, 2.75) is 52.0 Å². The number of aromatic nitrogens is 1. The topological polar surface area (TPSA) is 51.7 Å². The van der Waals surface area contributed by atoms with E-state index in [4.69, 9.17) is 9.16 Å². The summed E-state index contributed by atoms with van der Waals surface area (Å²) in [6.07, 6.45) is 3.70. The molecule has 0 unspecified atom stereocenters. The Balaban J connectivity index is 2.06. The maximum atomic E-state index is 11.7. The average Bonchev–Trinajstić information content (AvgIpc) is 2.67.